The molecule has 0 radical (unpaired) electrons. The first-order chi connectivity index (χ1) is 6.56. The zero-order valence-electron chi connectivity index (χ0n) is 8.50. The lowest BCUT2D eigenvalue weighted by Gasteiger charge is -2.01. The van der Waals surface area contributed by atoms with E-state index in [2.05, 4.69) is 21.0 Å². The van der Waals surface area contributed by atoms with Gasteiger partial charge in [-0.1, -0.05) is 0 Å². The second-order valence-electron chi connectivity index (χ2n) is 3.12. The van der Waals surface area contributed by atoms with Gasteiger partial charge in [-0.2, -0.15) is 5.10 Å². The van der Waals surface area contributed by atoms with E-state index in [1.54, 1.807) is 4.68 Å². The highest BCUT2D eigenvalue weighted by Crippen LogP contribution is 2.20. The average Bonchev–Trinajstić information content (AvgIpc) is 2.33. The number of nitrogens with zero attached hydrogens (tertiary/aromatic N) is 2. The van der Waals surface area contributed by atoms with Crippen molar-refractivity contribution in [3.05, 3.63) is 15.9 Å². The fourth-order valence-electron chi connectivity index (χ4n) is 1.27. The minimum absolute atomic E-state index is 0.0520. The van der Waals surface area contributed by atoms with Crippen molar-refractivity contribution in [2.45, 2.75) is 13.3 Å². The molecule has 0 amide bonds. The van der Waals surface area contributed by atoms with Crippen molar-refractivity contribution in [2.24, 2.45) is 7.05 Å². The van der Waals surface area contributed by atoms with Gasteiger partial charge in [-0.15, -0.1) is 0 Å². The van der Waals surface area contributed by atoms with Gasteiger partial charge in [0.15, 0.2) is 5.78 Å². The van der Waals surface area contributed by atoms with E-state index < -0.39 is 0 Å². The van der Waals surface area contributed by atoms with Crippen LogP contribution < -0.4 is 0 Å². The Morgan fingerprint density at radius 2 is 2.29 bits per heavy atom. The van der Waals surface area contributed by atoms with E-state index in [0.717, 1.165) is 15.9 Å². The molecule has 0 aliphatic heterocycles. The van der Waals surface area contributed by atoms with Gasteiger partial charge in [0.1, 0.15) is 6.61 Å². The molecule has 0 atom stereocenters. The lowest BCUT2D eigenvalue weighted by Crippen LogP contribution is -2.12. The Morgan fingerprint density at radius 3 is 2.71 bits per heavy atom. The fourth-order valence-corrected chi connectivity index (χ4v) is 1.75. The zero-order chi connectivity index (χ0) is 10.7. The third kappa shape index (κ3) is 2.42. The number of aromatic nitrogens is 2. The van der Waals surface area contributed by atoms with Gasteiger partial charge in [-0.25, -0.2) is 0 Å². The highest BCUT2D eigenvalue weighted by Gasteiger charge is 2.13. The first-order valence-corrected chi connectivity index (χ1v) is 5.04. The van der Waals surface area contributed by atoms with Crippen molar-refractivity contribution in [3.8, 4) is 0 Å². The van der Waals surface area contributed by atoms with Gasteiger partial charge in [0, 0.05) is 14.2 Å². The Hall–Kier alpha value is -0.680. The van der Waals surface area contributed by atoms with Crippen LogP contribution >= 0.6 is 15.9 Å². The number of halogens is 1. The van der Waals surface area contributed by atoms with E-state index in [0.29, 0.717) is 6.42 Å². The van der Waals surface area contributed by atoms with Crippen LogP contribution in [0.5, 0.6) is 0 Å². The Labute approximate surface area is 91.4 Å². The van der Waals surface area contributed by atoms with Crippen molar-refractivity contribution >= 4 is 21.7 Å². The van der Waals surface area contributed by atoms with Crippen molar-refractivity contribution in [1.82, 2.24) is 9.78 Å². The van der Waals surface area contributed by atoms with Crippen molar-refractivity contribution in [1.29, 1.82) is 0 Å². The van der Waals surface area contributed by atoms with Gasteiger partial charge in [-0.05, 0) is 22.9 Å². The molecule has 1 heterocycles. The third-order valence-corrected chi connectivity index (χ3v) is 2.96. The monoisotopic (exact) mass is 260 g/mol. The minimum Gasteiger partial charge on any atom is -0.377 e. The lowest BCUT2D eigenvalue weighted by atomic mass is 10.2. The van der Waals surface area contributed by atoms with E-state index in [1.165, 1.54) is 7.11 Å². The molecule has 0 aromatic carbocycles. The highest BCUT2D eigenvalue weighted by molar-refractivity contribution is 9.10. The third-order valence-electron chi connectivity index (χ3n) is 1.93. The molecule has 0 fully saturated rings. The number of methoxy groups -OCH3 is 1. The summed E-state index contributed by atoms with van der Waals surface area (Å²) in [5.74, 6) is 0.0520. The van der Waals surface area contributed by atoms with Gasteiger partial charge in [0.2, 0.25) is 0 Å². The molecular weight excluding hydrogens is 248 g/mol. The number of carbonyl (C=O) groups is 1. The summed E-state index contributed by atoms with van der Waals surface area (Å²) in [5, 5.41) is 4.20. The van der Waals surface area contributed by atoms with Crippen LogP contribution in [0.1, 0.15) is 11.4 Å². The first-order valence-electron chi connectivity index (χ1n) is 4.25. The minimum atomic E-state index is 0.0520. The molecule has 0 aliphatic rings. The molecule has 0 aliphatic carbocycles. The summed E-state index contributed by atoms with van der Waals surface area (Å²) >= 11 is 3.40. The Kier molecular flexibility index (Phi) is 3.83. The number of hydrogen-bond donors (Lipinski definition) is 0. The van der Waals surface area contributed by atoms with Crippen LogP contribution in [0.2, 0.25) is 0 Å². The summed E-state index contributed by atoms with van der Waals surface area (Å²) in [6.45, 7) is 2.05. The fraction of sp³-hybridized carbons (Fsp3) is 0.556. The summed E-state index contributed by atoms with van der Waals surface area (Å²) < 4.78 is 7.39. The lowest BCUT2D eigenvalue weighted by molar-refractivity contribution is -0.122. The molecule has 4 nitrogen and oxygen atoms in total. The summed E-state index contributed by atoms with van der Waals surface area (Å²) in [7, 11) is 3.34. The molecule has 0 saturated carbocycles. The number of rotatable bonds is 4. The molecule has 0 spiro atoms. The maximum atomic E-state index is 11.3. The van der Waals surface area contributed by atoms with E-state index in [-0.39, 0.29) is 12.4 Å². The van der Waals surface area contributed by atoms with E-state index in [1.807, 2.05) is 14.0 Å². The standard InChI is InChI=1S/C9H13BrN2O2/c1-6-9(10)8(12(2)11-6)4-7(13)5-14-3/h4-5H2,1-3H3. The van der Waals surface area contributed by atoms with Crippen LogP contribution in [0.4, 0.5) is 0 Å². The van der Waals surface area contributed by atoms with Gasteiger partial charge >= 0.3 is 0 Å². The Bertz CT molecular complexity index is 347. The molecule has 0 saturated heterocycles. The highest BCUT2D eigenvalue weighted by atomic mass is 79.9. The van der Waals surface area contributed by atoms with Crippen LogP contribution in [0.25, 0.3) is 0 Å². The summed E-state index contributed by atoms with van der Waals surface area (Å²) in [4.78, 5) is 11.3. The SMILES string of the molecule is COCC(=O)Cc1c(Br)c(C)nn1C. The normalized spacial score (nSPS) is 10.6. The molecule has 0 unspecified atom stereocenters. The second kappa shape index (κ2) is 4.70. The molecule has 5 heteroatoms. The number of hydrogen-bond acceptors (Lipinski definition) is 3. The van der Waals surface area contributed by atoms with Crippen molar-refractivity contribution < 1.29 is 9.53 Å². The van der Waals surface area contributed by atoms with Gasteiger partial charge in [-0.3, -0.25) is 9.48 Å². The average molecular weight is 261 g/mol. The van der Waals surface area contributed by atoms with Gasteiger partial charge in [0.05, 0.1) is 22.3 Å². The topological polar surface area (TPSA) is 44.1 Å². The first kappa shape index (κ1) is 11.4. The van der Waals surface area contributed by atoms with E-state index in [9.17, 15) is 4.79 Å². The van der Waals surface area contributed by atoms with Crippen LogP contribution in [0, 0.1) is 6.92 Å². The molecule has 1 aromatic rings. The van der Waals surface area contributed by atoms with Crippen LogP contribution in [-0.2, 0) is 23.0 Å². The number of ketones is 1. The predicted octanol–water partition coefficient (Wildman–Crippen LogP) is 1.25. The van der Waals surface area contributed by atoms with E-state index in [4.69, 9.17) is 4.74 Å². The number of Topliss-reactive ketones (excluding diaryl/α,β-unsaturated/α-hetero) is 1. The zero-order valence-corrected chi connectivity index (χ0v) is 10.1. The van der Waals surface area contributed by atoms with E-state index >= 15 is 0 Å². The molecule has 1 aromatic heterocycles. The van der Waals surface area contributed by atoms with Crippen LogP contribution in [0.3, 0.4) is 0 Å². The van der Waals surface area contributed by atoms with Crippen molar-refractivity contribution in [3.63, 3.8) is 0 Å². The summed E-state index contributed by atoms with van der Waals surface area (Å²) in [6.07, 6.45) is 0.353. The van der Waals surface area contributed by atoms with Crippen LogP contribution in [0.15, 0.2) is 4.47 Å². The largest absolute Gasteiger partial charge is 0.377 e. The van der Waals surface area contributed by atoms with Crippen LogP contribution in [-0.4, -0.2) is 29.3 Å². The number of aryl methyl sites for hydroxylation is 2. The van der Waals surface area contributed by atoms with Gasteiger partial charge in [0.25, 0.3) is 0 Å². The molecule has 1 rings (SSSR count). The Balaban J connectivity index is 2.81. The number of carbonyl (C=O) groups excluding carboxylic acids is 1. The maximum Gasteiger partial charge on any atom is 0.164 e. The quantitative estimate of drug-likeness (QED) is 0.819. The molecular formula is C9H13BrN2O2. The predicted molar refractivity (Wildman–Crippen MR) is 56.2 cm³/mol. The molecule has 0 bridgehead atoms. The summed E-state index contributed by atoms with van der Waals surface area (Å²) in [5.41, 5.74) is 1.79. The molecule has 0 N–H and O–H groups in total. The summed E-state index contributed by atoms with van der Waals surface area (Å²) in [6, 6.07) is 0. The Morgan fingerprint density at radius 1 is 1.64 bits per heavy atom. The maximum absolute atomic E-state index is 11.3. The second-order valence-corrected chi connectivity index (χ2v) is 3.91. The van der Waals surface area contributed by atoms with Crippen molar-refractivity contribution in [2.75, 3.05) is 13.7 Å². The molecule has 78 valence electrons. The molecule has 14 heavy (non-hydrogen) atoms. The smallest absolute Gasteiger partial charge is 0.164 e. The van der Waals surface area contributed by atoms with Gasteiger partial charge < -0.3 is 4.74 Å². The number of ether oxygens (including phenoxy) is 1.